The van der Waals surface area contributed by atoms with Crippen molar-refractivity contribution in [2.45, 2.75) is 367 Å². The number of phosphoric ester groups is 2. The molecule has 5 atom stereocenters. The fourth-order valence-electron chi connectivity index (χ4n) is 10.9. The Morgan fingerprint density at radius 1 is 0.279 bits per heavy atom. The second-order valence-corrected chi connectivity index (χ2v) is 30.2. The fraction of sp³-hybridized carbons (Fsp3) is 0.741. The summed E-state index contributed by atoms with van der Waals surface area (Å²) in [6, 6.07) is 0. The van der Waals surface area contributed by atoms with Gasteiger partial charge < -0.3 is 33.8 Å². The molecule has 17 nitrogen and oxygen atoms in total. The van der Waals surface area contributed by atoms with Gasteiger partial charge in [0, 0.05) is 25.7 Å². The molecule has 19 heteroatoms. The maximum Gasteiger partial charge on any atom is 0.472 e. The highest BCUT2D eigenvalue weighted by atomic mass is 31.2. The lowest BCUT2D eigenvalue weighted by molar-refractivity contribution is -0.161. The first-order valence-electron chi connectivity index (χ1n) is 41.1. The number of aliphatic hydroxyl groups is 1. The zero-order chi connectivity index (χ0) is 76.0. The van der Waals surface area contributed by atoms with Gasteiger partial charge in [-0.1, -0.05) is 278 Å². The number of allylic oxidation sites excluding steroid dienone is 18. The summed E-state index contributed by atoms with van der Waals surface area (Å²) in [7, 11) is -9.97. The van der Waals surface area contributed by atoms with E-state index in [9.17, 15) is 43.2 Å². The average Bonchev–Trinajstić information content (AvgIpc) is 0.943. The van der Waals surface area contributed by atoms with E-state index < -0.39 is 97.5 Å². The Hall–Kier alpha value is -4.28. The van der Waals surface area contributed by atoms with Crippen LogP contribution in [-0.2, 0) is 65.4 Å². The predicted octanol–water partition coefficient (Wildman–Crippen LogP) is 24.1. The number of carbonyl (C=O) groups excluding carboxylic acids is 4. The standard InChI is InChI=1S/C85H148O17P2/c1-5-9-13-17-21-25-29-33-37-38-39-40-44-48-52-56-60-64-68-72-85(90)102-81(76-96-83(88)70-66-62-58-54-50-46-42-35-31-27-23-19-15-11-7-3)78-100-104(93,94)98-74-79(86)73-97-103(91,92)99-77-80(101-84(89)71-67-63-59-55-51-47-43-36-32-28-24-20-16-12-8-4)75-95-82(87)69-65-61-57-53-49-45-41-34-30-26-22-18-14-10-6-2/h9,13,21,23,25-28,30,32-33,35,37,39-40,42,48,52,79-81,86H,5-8,10-12,14-20,22,24,29,31,34,36,38,41,43-47,49-51,53-78H2,1-4H3,(H,91,92)(H,93,94)/b13-9-,25-21-,27-23-,30-26-,32-28-,37-33-,40-39-,42-35-,52-48-/t79-,80+,81+/m0/s1. The van der Waals surface area contributed by atoms with Crippen molar-refractivity contribution >= 4 is 39.5 Å². The Bertz CT molecular complexity index is 2390. The normalized spacial score (nSPS) is 14.4. The van der Waals surface area contributed by atoms with Crippen LogP contribution in [0.5, 0.6) is 0 Å². The first kappa shape index (κ1) is 99.7. The SMILES string of the molecule is CC/C=C\C/C=C\C/C=C\C/C=C\C/C=C\CCCCCC(=O)O[C@H](COC(=O)CCCCCCC/C=C\C/C=C\CCCCC)COP(=O)(O)OC[C@@H](O)COP(=O)(O)OC[C@@H](COC(=O)CCCCCCCCC/C=C\CCCCCC)OC(=O)CCCCCCCCC/C=C\CCCCCC. The van der Waals surface area contributed by atoms with Crippen LogP contribution in [0.3, 0.4) is 0 Å². The lowest BCUT2D eigenvalue weighted by Gasteiger charge is -2.21. The van der Waals surface area contributed by atoms with Gasteiger partial charge in [-0.05, 0) is 154 Å². The van der Waals surface area contributed by atoms with Gasteiger partial charge >= 0.3 is 39.5 Å². The van der Waals surface area contributed by atoms with E-state index in [-0.39, 0.29) is 25.7 Å². The van der Waals surface area contributed by atoms with Crippen LogP contribution < -0.4 is 0 Å². The maximum absolute atomic E-state index is 13.1. The molecule has 0 radical (unpaired) electrons. The zero-order valence-corrected chi connectivity index (χ0v) is 67.5. The molecular formula is C85H148O17P2. The van der Waals surface area contributed by atoms with Crippen LogP contribution in [0, 0.1) is 0 Å². The Balaban J connectivity index is 5.41. The molecule has 0 aromatic carbocycles. The number of unbranched alkanes of at least 4 members (excludes halogenated alkanes) is 33. The minimum atomic E-state index is -4.99. The van der Waals surface area contributed by atoms with Gasteiger partial charge in [-0.3, -0.25) is 37.3 Å². The van der Waals surface area contributed by atoms with Crippen LogP contribution >= 0.6 is 15.6 Å². The molecule has 104 heavy (non-hydrogen) atoms. The van der Waals surface area contributed by atoms with E-state index in [4.69, 9.17) is 37.0 Å². The molecule has 0 aliphatic carbocycles. The van der Waals surface area contributed by atoms with Crippen molar-refractivity contribution in [3.63, 3.8) is 0 Å². The lowest BCUT2D eigenvalue weighted by Crippen LogP contribution is -2.30. The number of esters is 4. The summed E-state index contributed by atoms with van der Waals surface area (Å²) in [5, 5.41) is 10.7. The van der Waals surface area contributed by atoms with Crippen LogP contribution in [0.2, 0.25) is 0 Å². The number of ether oxygens (including phenoxy) is 4. The quantitative estimate of drug-likeness (QED) is 0.0169. The number of phosphoric acid groups is 2. The third kappa shape index (κ3) is 75.9. The van der Waals surface area contributed by atoms with E-state index in [2.05, 4.69) is 137 Å². The third-order valence-corrected chi connectivity index (χ3v) is 19.1. The summed E-state index contributed by atoms with van der Waals surface area (Å²) in [5.74, 6) is -2.22. The summed E-state index contributed by atoms with van der Waals surface area (Å²) in [6.07, 6.45) is 83.4. The Morgan fingerprint density at radius 2 is 0.500 bits per heavy atom. The van der Waals surface area contributed by atoms with Crippen LogP contribution in [0.1, 0.15) is 349 Å². The van der Waals surface area contributed by atoms with Crippen molar-refractivity contribution in [2.75, 3.05) is 39.6 Å². The largest absolute Gasteiger partial charge is 0.472 e. The molecule has 0 bridgehead atoms. The molecule has 0 aliphatic rings. The van der Waals surface area contributed by atoms with Crippen molar-refractivity contribution in [1.82, 2.24) is 0 Å². The summed E-state index contributed by atoms with van der Waals surface area (Å²) >= 11 is 0. The fourth-order valence-corrected chi connectivity index (χ4v) is 12.5. The van der Waals surface area contributed by atoms with Gasteiger partial charge in [0.2, 0.25) is 0 Å². The highest BCUT2D eigenvalue weighted by Gasteiger charge is 2.30. The minimum absolute atomic E-state index is 0.0516. The van der Waals surface area contributed by atoms with Gasteiger partial charge in [-0.2, -0.15) is 0 Å². The van der Waals surface area contributed by atoms with Crippen LogP contribution in [0.15, 0.2) is 109 Å². The number of rotatable bonds is 77. The molecule has 0 aromatic heterocycles. The van der Waals surface area contributed by atoms with Crippen LogP contribution in [-0.4, -0.2) is 96.7 Å². The van der Waals surface area contributed by atoms with Gasteiger partial charge in [-0.25, -0.2) is 9.13 Å². The molecule has 0 spiro atoms. The number of hydrogen-bond donors (Lipinski definition) is 3. The number of carbonyl (C=O) groups is 4. The molecule has 0 saturated heterocycles. The molecule has 3 N–H and O–H groups in total. The smallest absolute Gasteiger partial charge is 0.462 e. The van der Waals surface area contributed by atoms with Crippen molar-refractivity contribution in [3.8, 4) is 0 Å². The van der Waals surface area contributed by atoms with E-state index in [0.29, 0.717) is 25.7 Å². The van der Waals surface area contributed by atoms with Gasteiger partial charge in [0.25, 0.3) is 0 Å². The molecule has 600 valence electrons. The zero-order valence-electron chi connectivity index (χ0n) is 65.7. The van der Waals surface area contributed by atoms with Gasteiger partial charge in [0.1, 0.15) is 19.3 Å². The summed E-state index contributed by atoms with van der Waals surface area (Å²) in [4.78, 5) is 73.1. The molecule has 0 saturated carbocycles. The van der Waals surface area contributed by atoms with E-state index in [0.717, 1.165) is 186 Å². The van der Waals surface area contributed by atoms with Gasteiger partial charge in [-0.15, -0.1) is 0 Å². The summed E-state index contributed by atoms with van der Waals surface area (Å²) in [6.45, 7) is 4.69. The molecule has 0 rings (SSSR count). The van der Waals surface area contributed by atoms with Gasteiger partial charge in [0.15, 0.2) is 12.2 Å². The summed E-state index contributed by atoms with van der Waals surface area (Å²) in [5.41, 5.74) is 0. The van der Waals surface area contributed by atoms with Crippen molar-refractivity contribution in [2.24, 2.45) is 0 Å². The Labute approximate surface area is 632 Å². The van der Waals surface area contributed by atoms with Crippen molar-refractivity contribution < 1.29 is 80.2 Å². The first-order chi connectivity index (χ1) is 50.7. The summed E-state index contributed by atoms with van der Waals surface area (Å²) < 4.78 is 68.7. The average molecular weight is 1500 g/mol. The van der Waals surface area contributed by atoms with Crippen molar-refractivity contribution in [1.29, 1.82) is 0 Å². The Morgan fingerprint density at radius 3 is 0.808 bits per heavy atom. The second-order valence-electron chi connectivity index (χ2n) is 27.3. The number of aliphatic hydroxyl groups excluding tert-OH is 1. The maximum atomic E-state index is 13.1. The van der Waals surface area contributed by atoms with E-state index in [1.54, 1.807) is 0 Å². The molecular weight excluding hydrogens is 1350 g/mol. The number of hydrogen-bond acceptors (Lipinski definition) is 15. The Kier molecular flexibility index (Phi) is 73.7. The van der Waals surface area contributed by atoms with Crippen molar-refractivity contribution in [3.05, 3.63) is 109 Å². The third-order valence-electron chi connectivity index (χ3n) is 17.2. The van der Waals surface area contributed by atoms with Gasteiger partial charge in [0.05, 0.1) is 26.4 Å². The van der Waals surface area contributed by atoms with Crippen LogP contribution in [0.25, 0.3) is 0 Å². The van der Waals surface area contributed by atoms with E-state index in [1.165, 1.54) is 83.5 Å². The first-order valence-corrected chi connectivity index (χ1v) is 44.1. The minimum Gasteiger partial charge on any atom is -0.462 e. The second kappa shape index (κ2) is 76.9. The molecule has 0 aliphatic heterocycles. The monoisotopic (exact) mass is 1500 g/mol. The molecule has 0 aromatic rings. The molecule has 2 unspecified atom stereocenters. The highest BCUT2D eigenvalue weighted by Crippen LogP contribution is 2.45. The van der Waals surface area contributed by atoms with E-state index in [1.807, 2.05) is 0 Å². The molecule has 0 fully saturated rings. The molecule has 0 heterocycles. The van der Waals surface area contributed by atoms with Crippen LogP contribution in [0.4, 0.5) is 0 Å². The topological polar surface area (TPSA) is 237 Å². The van der Waals surface area contributed by atoms with E-state index >= 15 is 0 Å². The molecule has 0 amide bonds. The lowest BCUT2D eigenvalue weighted by atomic mass is 10.1. The highest BCUT2D eigenvalue weighted by molar-refractivity contribution is 7.47. The predicted molar refractivity (Wildman–Crippen MR) is 427 cm³/mol.